The second-order valence-corrected chi connectivity index (χ2v) is 9.56. The van der Waals surface area contributed by atoms with Gasteiger partial charge in [-0.25, -0.2) is 9.69 Å². The van der Waals surface area contributed by atoms with Gasteiger partial charge in [0.05, 0.1) is 45.2 Å². The van der Waals surface area contributed by atoms with E-state index in [1.54, 1.807) is 42.5 Å². The Balaban J connectivity index is 1.57. The maximum Gasteiger partial charge on any atom is 0.329 e. The molecule has 0 saturated heterocycles. The van der Waals surface area contributed by atoms with Crippen molar-refractivity contribution in [2.75, 3.05) is 44.6 Å². The van der Waals surface area contributed by atoms with Gasteiger partial charge in [0.15, 0.2) is 0 Å². The second-order valence-electron chi connectivity index (χ2n) is 9.56. The fourth-order valence-electron chi connectivity index (χ4n) is 5.30. The highest BCUT2D eigenvalue weighted by Crippen LogP contribution is 2.43. The van der Waals surface area contributed by atoms with Crippen LogP contribution in [0, 0.1) is 0 Å². The molecular formula is C27H37N4O5+. The molecule has 2 aliphatic rings. The standard InChI is InChI=1S/C27H36N4O5/c1-30(19-10-5-4-6-11-19)17-9-16-28-25(32)27(34)21-12-7-8-13-22(21)29-26(33)31(27)23-15-14-20(35-2)18-24(23)36-3/h7-8,12-15,18-19,34H,4-6,9-11,16-17H2,1-3H3,(H,28,32)(H,29,33)/p+1. The maximum absolute atomic E-state index is 13.6. The summed E-state index contributed by atoms with van der Waals surface area (Å²) in [6.07, 6.45) is 7.17. The van der Waals surface area contributed by atoms with Crippen molar-refractivity contribution in [3.05, 3.63) is 48.0 Å². The molecule has 0 radical (unpaired) electrons. The van der Waals surface area contributed by atoms with Gasteiger partial charge >= 0.3 is 6.03 Å². The summed E-state index contributed by atoms with van der Waals surface area (Å²) < 4.78 is 10.8. The molecule has 1 fully saturated rings. The Hall–Kier alpha value is -3.30. The summed E-state index contributed by atoms with van der Waals surface area (Å²) >= 11 is 0. The van der Waals surface area contributed by atoms with E-state index in [4.69, 9.17) is 9.47 Å². The molecule has 2 aromatic carbocycles. The average Bonchev–Trinajstić information content (AvgIpc) is 2.91. The van der Waals surface area contributed by atoms with E-state index in [1.807, 2.05) is 0 Å². The maximum atomic E-state index is 13.6. The Kier molecular flexibility index (Phi) is 8.01. The number of quaternary nitrogens is 1. The van der Waals surface area contributed by atoms with Crippen molar-refractivity contribution < 1.29 is 29.1 Å². The third kappa shape index (κ3) is 4.99. The number of para-hydroxylation sites is 1. The molecule has 0 bridgehead atoms. The van der Waals surface area contributed by atoms with E-state index in [2.05, 4.69) is 17.7 Å². The lowest BCUT2D eigenvalue weighted by Gasteiger charge is -2.43. The summed E-state index contributed by atoms with van der Waals surface area (Å²) in [5, 5.41) is 17.7. The Bertz CT molecular complexity index is 1090. The van der Waals surface area contributed by atoms with Gasteiger partial charge in [0.2, 0.25) is 0 Å². The topological polar surface area (TPSA) is 105 Å². The van der Waals surface area contributed by atoms with Gasteiger partial charge in [0.1, 0.15) is 11.5 Å². The minimum atomic E-state index is -2.27. The zero-order valence-electron chi connectivity index (χ0n) is 21.3. The van der Waals surface area contributed by atoms with Gasteiger partial charge in [-0.15, -0.1) is 0 Å². The van der Waals surface area contributed by atoms with Crippen LogP contribution in [-0.4, -0.2) is 57.4 Å². The number of fused-ring (bicyclic) bond motifs is 1. The highest BCUT2D eigenvalue weighted by Gasteiger charge is 2.52. The Morgan fingerprint density at radius 3 is 2.64 bits per heavy atom. The van der Waals surface area contributed by atoms with Gasteiger partial charge in [-0.2, -0.15) is 0 Å². The number of hydrogen-bond donors (Lipinski definition) is 4. The van der Waals surface area contributed by atoms with Gasteiger partial charge in [0.25, 0.3) is 11.6 Å². The summed E-state index contributed by atoms with van der Waals surface area (Å²) in [4.78, 5) is 29.4. The summed E-state index contributed by atoms with van der Waals surface area (Å²) in [5.74, 6) is 0.136. The lowest BCUT2D eigenvalue weighted by Crippen LogP contribution is -3.13. The van der Waals surface area contributed by atoms with Crippen molar-refractivity contribution in [1.82, 2.24) is 5.32 Å². The number of hydrogen-bond acceptors (Lipinski definition) is 5. The highest BCUT2D eigenvalue weighted by molar-refractivity contribution is 6.12. The second kappa shape index (κ2) is 11.2. The van der Waals surface area contributed by atoms with Gasteiger partial charge in [0, 0.05) is 24.6 Å². The molecule has 1 aliphatic heterocycles. The minimum absolute atomic E-state index is 0.240. The molecule has 3 amide bonds. The summed E-state index contributed by atoms with van der Waals surface area (Å²) in [6, 6.07) is 11.6. The Labute approximate surface area is 212 Å². The molecule has 4 N–H and O–H groups in total. The Morgan fingerprint density at radius 1 is 1.17 bits per heavy atom. The summed E-state index contributed by atoms with van der Waals surface area (Å²) in [6.45, 7) is 1.32. The van der Waals surface area contributed by atoms with E-state index in [1.165, 1.54) is 51.2 Å². The van der Waals surface area contributed by atoms with E-state index >= 15 is 0 Å². The molecule has 2 atom stereocenters. The van der Waals surface area contributed by atoms with Crippen LogP contribution in [-0.2, 0) is 10.5 Å². The molecule has 9 heteroatoms. The predicted molar refractivity (Wildman–Crippen MR) is 138 cm³/mol. The van der Waals surface area contributed by atoms with Gasteiger partial charge in [-0.05, 0) is 43.9 Å². The van der Waals surface area contributed by atoms with Crippen LogP contribution in [0.5, 0.6) is 11.5 Å². The fourth-order valence-corrected chi connectivity index (χ4v) is 5.30. The predicted octanol–water partition coefficient (Wildman–Crippen LogP) is 2.25. The van der Waals surface area contributed by atoms with Gasteiger partial charge in [-0.3, -0.25) is 4.79 Å². The summed E-state index contributed by atoms with van der Waals surface area (Å²) in [7, 11) is 5.19. The molecule has 2 unspecified atom stereocenters. The lowest BCUT2D eigenvalue weighted by molar-refractivity contribution is -0.907. The number of nitrogens with one attached hydrogen (secondary N) is 3. The number of amides is 3. The van der Waals surface area contributed by atoms with Crippen molar-refractivity contribution >= 4 is 23.3 Å². The van der Waals surface area contributed by atoms with E-state index in [0.717, 1.165) is 17.9 Å². The zero-order chi connectivity index (χ0) is 25.7. The molecule has 0 spiro atoms. The van der Waals surface area contributed by atoms with Crippen LogP contribution in [0.2, 0.25) is 0 Å². The van der Waals surface area contributed by atoms with Crippen molar-refractivity contribution in [3.63, 3.8) is 0 Å². The molecule has 36 heavy (non-hydrogen) atoms. The number of carbonyl (C=O) groups excluding carboxylic acids is 2. The highest BCUT2D eigenvalue weighted by atomic mass is 16.5. The van der Waals surface area contributed by atoms with Crippen LogP contribution >= 0.6 is 0 Å². The fraction of sp³-hybridized carbons (Fsp3) is 0.481. The smallest absolute Gasteiger partial charge is 0.329 e. The third-order valence-corrected chi connectivity index (χ3v) is 7.35. The summed E-state index contributed by atoms with van der Waals surface area (Å²) in [5.41, 5.74) is -1.37. The Morgan fingerprint density at radius 2 is 1.92 bits per heavy atom. The first kappa shape index (κ1) is 25.8. The number of nitrogens with zero attached hydrogens (tertiary/aromatic N) is 1. The van der Waals surface area contributed by atoms with Crippen molar-refractivity contribution in [1.29, 1.82) is 0 Å². The molecule has 2 aromatic rings. The van der Waals surface area contributed by atoms with Crippen LogP contribution in [0.15, 0.2) is 42.5 Å². The molecule has 1 heterocycles. The van der Waals surface area contributed by atoms with Crippen molar-refractivity contribution in [2.24, 2.45) is 0 Å². The van der Waals surface area contributed by atoms with E-state index < -0.39 is 17.7 Å². The monoisotopic (exact) mass is 497 g/mol. The average molecular weight is 498 g/mol. The third-order valence-electron chi connectivity index (χ3n) is 7.35. The van der Waals surface area contributed by atoms with Gasteiger partial charge < -0.3 is 30.1 Å². The molecular weight excluding hydrogens is 460 g/mol. The molecule has 194 valence electrons. The largest absolute Gasteiger partial charge is 0.497 e. The van der Waals surface area contributed by atoms with Crippen LogP contribution in [0.3, 0.4) is 0 Å². The number of ether oxygens (including phenoxy) is 2. The lowest BCUT2D eigenvalue weighted by atomic mass is 9.94. The van der Waals surface area contributed by atoms with Gasteiger partial charge in [-0.1, -0.05) is 24.6 Å². The van der Waals surface area contributed by atoms with Crippen molar-refractivity contribution in [2.45, 2.75) is 50.3 Å². The number of aliphatic hydroxyl groups is 1. The first-order valence-electron chi connectivity index (χ1n) is 12.7. The van der Waals surface area contributed by atoms with Crippen LogP contribution in [0.25, 0.3) is 0 Å². The SMILES string of the molecule is COc1ccc(N2C(=O)Nc3ccccc3C2(O)C(=O)NCCC[NH+](C)C2CCCCC2)c(OC)c1. The number of anilines is 2. The number of urea groups is 1. The first-order valence-corrected chi connectivity index (χ1v) is 12.7. The quantitative estimate of drug-likeness (QED) is 0.398. The number of benzene rings is 2. The molecule has 4 rings (SSSR count). The normalized spacial score (nSPS) is 20.8. The first-order chi connectivity index (χ1) is 17.4. The molecule has 9 nitrogen and oxygen atoms in total. The minimum Gasteiger partial charge on any atom is -0.497 e. The van der Waals surface area contributed by atoms with E-state index in [-0.39, 0.29) is 17.0 Å². The zero-order valence-corrected chi connectivity index (χ0v) is 21.3. The molecule has 0 aromatic heterocycles. The van der Waals surface area contributed by atoms with Crippen LogP contribution in [0.4, 0.5) is 16.2 Å². The van der Waals surface area contributed by atoms with Crippen LogP contribution in [0.1, 0.15) is 44.1 Å². The molecule has 1 saturated carbocycles. The van der Waals surface area contributed by atoms with Crippen LogP contribution < -0.4 is 29.9 Å². The number of rotatable bonds is 9. The van der Waals surface area contributed by atoms with E-state index in [0.29, 0.717) is 24.0 Å². The van der Waals surface area contributed by atoms with E-state index in [9.17, 15) is 14.7 Å². The van der Waals surface area contributed by atoms with Crippen molar-refractivity contribution in [3.8, 4) is 11.5 Å². The number of methoxy groups -OCH3 is 2. The number of carbonyl (C=O) groups is 2. The molecule has 1 aliphatic carbocycles.